The lowest BCUT2D eigenvalue weighted by Gasteiger charge is -2.03. The van der Waals surface area contributed by atoms with Crippen molar-refractivity contribution in [2.24, 2.45) is 0 Å². The zero-order valence-electron chi connectivity index (χ0n) is 12.4. The van der Waals surface area contributed by atoms with E-state index in [2.05, 4.69) is 5.32 Å². The van der Waals surface area contributed by atoms with Crippen molar-refractivity contribution in [2.75, 3.05) is 6.61 Å². The quantitative estimate of drug-likeness (QED) is 0.624. The SMILES string of the molecule is CC(=O)NCc1ccc(C(=O)COC(=O)c2ccc(O)cc2)s1. The van der Waals surface area contributed by atoms with Crippen molar-refractivity contribution in [3.8, 4) is 5.75 Å². The molecule has 2 aromatic rings. The molecule has 0 radical (unpaired) electrons. The fraction of sp³-hybridized carbons (Fsp3) is 0.188. The Kier molecular flexibility index (Phi) is 5.48. The first-order chi connectivity index (χ1) is 11.0. The fourth-order valence-corrected chi connectivity index (χ4v) is 2.59. The van der Waals surface area contributed by atoms with E-state index >= 15 is 0 Å². The second kappa shape index (κ2) is 7.55. The second-order valence-corrected chi connectivity index (χ2v) is 5.89. The number of benzene rings is 1. The van der Waals surface area contributed by atoms with E-state index in [0.717, 1.165) is 4.88 Å². The van der Waals surface area contributed by atoms with Crippen molar-refractivity contribution in [2.45, 2.75) is 13.5 Å². The first-order valence-corrected chi connectivity index (χ1v) is 7.60. The molecule has 0 aliphatic rings. The van der Waals surface area contributed by atoms with Gasteiger partial charge in [-0.25, -0.2) is 4.79 Å². The minimum atomic E-state index is -0.631. The van der Waals surface area contributed by atoms with Gasteiger partial charge in [-0.3, -0.25) is 9.59 Å². The van der Waals surface area contributed by atoms with Crippen LogP contribution in [-0.4, -0.2) is 29.4 Å². The highest BCUT2D eigenvalue weighted by atomic mass is 32.1. The number of nitrogens with one attached hydrogen (secondary N) is 1. The summed E-state index contributed by atoms with van der Waals surface area (Å²) >= 11 is 1.24. The van der Waals surface area contributed by atoms with Crippen LogP contribution in [0.25, 0.3) is 0 Å². The molecule has 1 aromatic heterocycles. The smallest absolute Gasteiger partial charge is 0.338 e. The Balaban J connectivity index is 1.88. The Morgan fingerprint density at radius 1 is 1.13 bits per heavy atom. The van der Waals surface area contributed by atoms with Crippen LogP contribution < -0.4 is 5.32 Å². The molecule has 0 saturated carbocycles. The Hall–Kier alpha value is -2.67. The molecule has 2 N–H and O–H groups in total. The van der Waals surface area contributed by atoms with Gasteiger partial charge in [0.25, 0.3) is 0 Å². The van der Waals surface area contributed by atoms with E-state index in [1.54, 1.807) is 12.1 Å². The molecule has 23 heavy (non-hydrogen) atoms. The number of thiophene rings is 1. The highest BCUT2D eigenvalue weighted by Gasteiger charge is 2.14. The summed E-state index contributed by atoms with van der Waals surface area (Å²) in [4.78, 5) is 35.9. The van der Waals surface area contributed by atoms with Crippen LogP contribution >= 0.6 is 11.3 Å². The molecule has 120 valence electrons. The number of hydrogen-bond donors (Lipinski definition) is 2. The lowest BCUT2D eigenvalue weighted by molar-refractivity contribution is -0.119. The van der Waals surface area contributed by atoms with E-state index in [1.807, 2.05) is 0 Å². The van der Waals surface area contributed by atoms with Crippen molar-refractivity contribution in [1.29, 1.82) is 0 Å². The van der Waals surface area contributed by atoms with Crippen molar-refractivity contribution in [1.82, 2.24) is 5.32 Å². The monoisotopic (exact) mass is 333 g/mol. The summed E-state index contributed by atoms with van der Waals surface area (Å²) in [7, 11) is 0. The van der Waals surface area contributed by atoms with Gasteiger partial charge in [-0.05, 0) is 36.4 Å². The third-order valence-corrected chi connectivity index (χ3v) is 4.01. The molecular weight excluding hydrogens is 318 g/mol. The maximum absolute atomic E-state index is 12.0. The summed E-state index contributed by atoms with van der Waals surface area (Å²) in [5.41, 5.74) is 0.258. The minimum Gasteiger partial charge on any atom is -0.508 e. The first-order valence-electron chi connectivity index (χ1n) is 6.78. The largest absolute Gasteiger partial charge is 0.508 e. The number of esters is 1. The lowest BCUT2D eigenvalue weighted by atomic mass is 10.2. The van der Waals surface area contributed by atoms with Gasteiger partial charge in [0.05, 0.1) is 17.0 Å². The summed E-state index contributed by atoms with van der Waals surface area (Å²) in [6, 6.07) is 8.95. The first kappa shape index (κ1) is 16.7. The number of rotatable bonds is 6. The molecule has 6 nitrogen and oxygen atoms in total. The van der Waals surface area contributed by atoms with Gasteiger partial charge in [-0.15, -0.1) is 11.3 Å². The van der Waals surface area contributed by atoms with E-state index in [9.17, 15) is 14.4 Å². The van der Waals surface area contributed by atoms with Crippen LogP contribution in [0.4, 0.5) is 0 Å². The summed E-state index contributed by atoms with van der Waals surface area (Å²) in [5.74, 6) is -1.04. The molecule has 0 spiro atoms. The third kappa shape index (κ3) is 4.93. The van der Waals surface area contributed by atoms with Crippen molar-refractivity contribution in [3.63, 3.8) is 0 Å². The molecule has 0 aliphatic carbocycles. The van der Waals surface area contributed by atoms with Crippen molar-refractivity contribution < 1.29 is 24.2 Å². The third-order valence-electron chi connectivity index (χ3n) is 2.89. The molecule has 0 fully saturated rings. The van der Waals surface area contributed by atoms with Gasteiger partial charge in [0.2, 0.25) is 11.7 Å². The number of ketones is 1. The lowest BCUT2D eigenvalue weighted by Crippen LogP contribution is -2.18. The minimum absolute atomic E-state index is 0.0444. The van der Waals surface area contributed by atoms with Gasteiger partial charge in [-0.2, -0.15) is 0 Å². The zero-order valence-corrected chi connectivity index (χ0v) is 13.2. The van der Waals surface area contributed by atoms with Gasteiger partial charge < -0.3 is 15.2 Å². The summed E-state index contributed by atoms with van der Waals surface area (Å²) in [5, 5.41) is 11.8. The number of carbonyl (C=O) groups is 3. The number of amides is 1. The zero-order chi connectivity index (χ0) is 16.8. The van der Waals surface area contributed by atoms with E-state index in [-0.39, 0.29) is 29.6 Å². The van der Waals surface area contributed by atoms with Gasteiger partial charge in [0.1, 0.15) is 5.75 Å². The molecule has 1 aromatic carbocycles. The average molecular weight is 333 g/mol. The predicted octanol–water partition coefficient (Wildman–Crippen LogP) is 2.13. The summed E-state index contributed by atoms with van der Waals surface area (Å²) in [6.45, 7) is 1.42. The number of phenols is 1. The van der Waals surface area contributed by atoms with Gasteiger partial charge in [-0.1, -0.05) is 0 Å². The van der Waals surface area contributed by atoms with Crippen LogP contribution in [0.3, 0.4) is 0 Å². The fourth-order valence-electron chi connectivity index (χ4n) is 1.72. The average Bonchev–Trinajstić information content (AvgIpc) is 3.00. The normalized spacial score (nSPS) is 10.1. The van der Waals surface area contributed by atoms with Crippen LogP contribution in [0.15, 0.2) is 36.4 Å². The standard InChI is InChI=1S/C16H15NO5S/c1-10(18)17-8-13-6-7-15(23-13)14(20)9-22-16(21)11-2-4-12(19)5-3-11/h2-7,19H,8-9H2,1H3,(H,17,18). The van der Waals surface area contributed by atoms with Gasteiger partial charge in [0, 0.05) is 11.8 Å². The van der Waals surface area contributed by atoms with Crippen LogP contribution in [0.5, 0.6) is 5.75 Å². The molecule has 0 saturated heterocycles. The van der Waals surface area contributed by atoms with Gasteiger partial charge >= 0.3 is 5.97 Å². The van der Waals surface area contributed by atoms with Gasteiger partial charge in [0.15, 0.2) is 6.61 Å². The molecular formula is C16H15NO5S. The molecule has 0 atom stereocenters. The van der Waals surface area contributed by atoms with Crippen LogP contribution in [0.2, 0.25) is 0 Å². The second-order valence-electron chi connectivity index (χ2n) is 4.72. The number of ether oxygens (including phenoxy) is 1. The molecule has 1 amide bonds. The van der Waals surface area contributed by atoms with E-state index in [0.29, 0.717) is 11.4 Å². The van der Waals surface area contributed by atoms with Crippen LogP contribution in [0, 0.1) is 0 Å². The van der Waals surface area contributed by atoms with Crippen LogP contribution in [-0.2, 0) is 16.1 Å². The molecule has 7 heteroatoms. The maximum atomic E-state index is 12.0. The summed E-state index contributed by atoms with van der Waals surface area (Å²) in [6.07, 6.45) is 0. The number of aromatic hydroxyl groups is 1. The number of Topliss-reactive ketones (excluding diaryl/α,β-unsaturated/α-hetero) is 1. The molecule has 2 rings (SSSR count). The number of carbonyl (C=O) groups excluding carboxylic acids is 3. The molecule has 0 bridgehead atoms. The Bertz CT molecular complexity index is 720. The van der Waals surface area contributed by atoms with E-state index in [4.69, 9.17) is 9.84 Å². The number of phenolic OH excluding ortho intramolecular Hbond substituents is 1. The molecule has 0 unspecified atom stereocenters. The Morgan fingerprint density at radius 2 is 1.83 bits per heavy atom. The van der Waals surface area contributed by atoms with Crippen molar-refractivity contribution in [3.05, 3.63) is 51.7 Å². The highest BCUT2D eigenvalue weighted by Crippen LogP contribution is 2.17. The number of hydrogen-bond acceptors (Lipinski definition) is 6. The summed E-state index contributed by atoms with van der Waals surface area (Å²) < 4.78 is 4.96. The van der Waals surface area contributed by atoms with E-state index < -0.39 is 5.97 Å². The predicted molar refractivity (Wildman–Crippen MR) is 84.6 cm³/mol. The topological polar surface area (TPSA) is 92.7 Å². The maximum Gasteiger partial charge on any atom is 0.338 e. The Labute approximate surface area is 136 Å². The Morgan fingerprint density at radius 3 is 2.48 bits per heavy atom. The molecule has 0 aliphatic heterocycles. The molecule has 1 heterocycles. The van der Waals surface area contributed by atoms with E-state index in [1.165, 1.54) is 42.5 Å². The van der Waals surface area contributed by atoms with Crippen molar-refractivity contribution >= 4 is 29.0 Å². The highest BCUT2D eigenvalue weighted by molar-refractivity contribution is 7.14. The van der Waals surface area contributed by atoms with Crippen LogP contribution in [0.1, 0.15) is 31.8 Å².